The number of esters is 2. The molecule has 1 heterocycles. The summed E-state index contributed by atoms with van der Waals surface area (Å²) in [5.41, 5.74) is 0.915. The minimum Gasteiger partial charge on any atom is -0.619 e. The van der Waals surface area contributed by atoms with E-state index in [-0.39, 0.29) is 46.7 Å². The molecule has 2 aromatic carbocycles. The Morgan fingerprint density at radius 3 is 2.22 bits per heavy atom. The van der Waals surface area contributed by atoms with Gasteiger partial charge in [-0.05, 0) is 82.0 Å². The van der Waals surface area contributed by atoms with Crippen LogP contribution >= 0.6 is 23.2 Å². The SMILES string of the molecule is CN(CC(=O)OC(Cc1c(Cl)c[n+]([O-])cc1Cl)c1ccc(OC(F)F)c(OCC2CC2)c1)Cc1ccc(N(CC(=O)OC(C)(C)C)[SH](=O)=O)cc1. The van der Waals surface area contributed by atoms with Gasteiger partial charge in [0.05, 0.1) is 18.8 Å². The Balaban J connectivity index is 1.49. The van der Waals surface area contributed by atoms with Crippen LogP contribution < -0.4 is 18.5 Å². The molecule has 0 amide bonds. The van der Waals surface area contributed by atoms with Crippen molar-refractivity contribution in [3.05, 3.63) is 86.8 Å². The standard InChI is InChI=1S/C34H39Cl2F2N3O9S/c1-34(2,3)50-32(43)19-41(51(45)46)24-10-7-21(8-11-24)15-39(4)18-31(42)48-29(14-25-26(35)16-40(44)17-27(25)36)23-9-12-28(49-33(37)38)30(13-23)47-20-22-5-6-22/h7-13,16-17,22,29,33,51H,5-6,14-15,18-20H2,1-4H3. The molecule has 0 N–H and O–H groups in total. The lowest BCUT2D eigenvalue weighted by Crippen LogP contribution is -2.34. The Hall–Kier alpha value is -3.92. The summed E-state index contributed by atoms with van der Waals surface area (Å²) in [6, 6.07) is 10.6. The van der Waals surface area contributed by atoms with Gasteiger partial charge in [0.1, 0.15) is 28.3 Å². The van der Waals surface area contributed by atoms with E-state index in [0.717, 1.165) is 35.1 Å². The molecule has 12 nitrogen and oxygen atoms in total. The average Bonchev–Trinajstić information content (AvgIpc) is 3.84. The zero-order valence-corrected chi connectivity index (χ0v) is 30.8. The first-order valence-electron chi connectivity index (χ1n) is 15.9. The van der Waals surface area contributed by atoms with Gasteiger partial charge in [0.25, 0.3) is 0 Å². The van der Waals surface area contributed by atoms with E-state index < -0.39 is 47.7 Å². The molecule has 1 aromatic heterocycles. The lowest BCUT2D eigenvalue weighted by atomic mass is 10.0. The van der Waals surface area contributed by atoms with Crippen LogP contribution in [0.4, 0.5) is 14.5 Å². The predicted octanol–water partition coefficient (Wildman–Crippen LogP) is 5.65. The number of thiol groups is 1. The van der Waals surface area contributed by atoms with Crippen LogP contribution in [0.25, 0.3) is 0 Å². The summed E-state index contributed by atoms with van der Waals surface area (Å²) in [5.74, 6) is -1.17. The van der Waals surface area contributed by atoms with Gasteiger partial charge in [0, 0.05) is 18.5 Å². The number of alkyl halides is 2. The fraction of sp³-hybridized carbons (Fsp3) is 0.441. The maximum Gasteiger partial charge on any atom is 0.387 e. The lowest BCUT2D eigenvalue weighted by molar-refractivity contribution is -0.605. The van der Waals surface area contributed by atoms with Crippen molar-refractivity contribution < 1.29 is 50.5 Å². The monoisotopic (exact) mass is 773 g/mol. The molecule has 0 bridgehead atoms. The van der Waals surface area contributed by atoms with Crippen molar-refractivity contribution in [1.29, 1.82) is 0 Å². The maximum atomic E-state index is 13.3. The third-order valence-corrected chi connectivity index (χ3v) is 8.85. The van der Waals surface area contributed by atoms with Crippen LogP contribution in [0.15, 0.2) is 54.9 Å². The molecule has 0 spiro atoms. The molecule has 3 aromatic rings. The maximum absolute atomic E-state index is 13.3. The number of ether oxygens (including phenoxy) is 4. The Morgan fingerprint density at radius 1 is 1.00 bits per heavy atom. The molecule has 1 fully saturated rings. The largest absolute Gasteiger partial charge is 0.619 e. The van der Waals surface area contributed by atoms with Crippen LogP contribution in [0.2, 0.25) is 10.0 Å². The molecule has 1 unspecified atom stereocenters. The van der Waals surface area contributed by atoms with Crippen LogP contribution in [-0.4, -0.2) is 64.2 Å². The number of nitrogens with zero attached hydrogens (tertiary/aromatic N) is 3. The van der Waals surface area contributed by atoms with Crippen LogP contribution in [0.1, 0.15) is 56.4 Å². The van der Waals surface area contributed by atoms with Crippen molar-refractivity contribution in [2.75, 3.05) is 31.0 Å². The van der Waals surface area contributed by atoms with Crippen LogP contribution in [0, 0.1) is 11.1 Å². The van der Waals surface area contributed by atoms with E-state index in [0.29, 0.717) is 28.4 Å². The smallest absolute Gasteiger partial charge is 0.387 e. The molecule has 0 radical (unpaired) electrons. The second-order valence-electron chi connectivity index (χ2n) is 13.0. The molecule has 1 aliphatic carbocycles. The number of pyridine rings is 1. The Labute approximate surface area is 306 Å². The van der Waals surface area contributed by atoms with E-state index >= 15 is 0 Å². The third-order valence-electron chi connectivity index (χ3n) is 7.43. The highest BCUT2D eigenvalue weighted by Crippen LogP contribution is 2.38. The summed E-state index contributed by atoms with van der Waals surface area (Å²) in [6.45, 7) is 1.83. The van der Waals surface area contributed by atoms with Crippen molar-refractivity contribution in [3.8, 4) is 11.5 Å². The number of carbonyl (C=O) groups excluding carboxylic acids is 2. The highest BCUT2D eigenvalue weighted by Gasteiger charge is 2.27. The van der Waals surface area contributed by atoms with E-state index in [2.05, 4.69) is 4.74 Å². The van der Waals surface area contributed by atoms with E-state index in [1.807, 2.05) is 0 Å². The summed E-state index contributed by atoms with van der Waals surface area (Å²) in [6.07, 6.45) is 3.04. The quantitative estimate of drug-likeness (QED) is 0.0793. The highest BCUT2D eigenvalue weighted by molar-refractivity contribution is 7.74. The second kappa shape index (κ2) is 17.5. The van der Waals surface area contributed by atoms with Crippen molar-refractivity contribution in [1.82, 2.24) is 4.90 Å². The molecule has 1 aliphatic rings. The van der Waals surface area contributed by atoms with Crippen LogP contribution in [0.3, 0.4) is 0 Å². The second-order valence-corrected chi connectivity index (χ2v) is 14.8. The Kier molecular flexibility index (Phi) is 13.7. The Morgan fingerprint density at radius 2 is 1.65 bits per heavy atom. The fourth-order valence-corrected chi connectivity index (χ4v) is 6.11. The van der Waals surface area contributed by atoms with Crippen LogP contribution in [0.5, 0.6) is 11.5 Å². The number of hydrogen-bond donors (Lipinski definition) is 1. The van der Waals surface area contributed by atoms with Crippen molar-refractivity contribution in [2.24, 2.45) is 5.92 Å². The summed E-state index contributed by atoms with van der Waals surface area (Å²) in [7, 11) is -1.46. The number of rotatable bonds is 17. The van der Waals surface area contributed by atoms with E-state index in [1.54, 1.807) is 44.9 Å². The highest BCUT2D eigenvalue weighted by atomic mass is 35.5. The number of carbonyl (C=O) groups is 2. The first-order valence-corrected chi connectivity index (χ1v) is 17.7. The minimum atomic E-state index is -3.14. The van der Waals surface area contributed by atoms with Gasteiger partial charge in [-0.2, -0.15) is 13.5 Å². The molecule has 0 aliphatic heterocycles. The van der Waals surface area contributed by atoms with E-state index in [9.17, 15) is 32.0 Å². The minimum absolute atomic E-state index is 0.0353. The van der Waals surface area contributed by atoms with Gasteiger partial charge >= 0.3 is 18.6 Å². The number of aromatic nitrogens is 1. The molecule has 1 atom stereocenters. The van der Waals surface area contributed by atoms with Crippen molar-refractivity contribution in [3.63, 3.8) is 0 Å². The zero-order chi connectivity index (χ0) is 37.5. The predicted molar refractivity (Wildman–Crippen MR) is 186 cm³/mol. The summed E-state index contributed by atoms with van der Waals surface area (Å²) in [5, 5.41) is 11.9. The molecule has 0 saturated heterocycles. The third kappa shape index (κ3) is 12.7. The van der Waals surface area contributed by atoms with Crippen molar-refractivity contribution in [2.45, 2.75) is 64.9 Å². The first-order chi connectivity index (χ1) is 24.0. The number of anilines is 1. The molecule has 4 rings (SSSR count). The summed E-state index contributed by atoms with van der Waals surface area (Å²) in [4.78, 5) is 27.2. The normalized spacial score (nSPS) is 13.7. The van der Waals surface area contributed by atoms with Gasteiger partial charge in [-0.1, -0.05) is 41.4 Å². The Bertz CT molecular complexity index is 1740. The van der Waals surface area contributed by atoms with Gasteiger partial charge < -0.3 is 24.2 Å². The van der Waals surface area contributed by atoms with Gasteiger partial charge in [0.2, 0.25) is 10.9 Å². The number of hydrogen-bond acceptors (Lipinski definition) is 10. The van der Waals surface area contributed by atoms with E-state index in [4.69, 9.17) is 37.4 Å². The molecule has 51 heavy (non-hydrogen) atoms. The lowest BCUT2D eigenvalue weighted by Gasteiger charge is -2.23. The number of likely N-dealkylation sites (N-methyl/N-ethyl adjacent to an activating group) is 1. The number of halogens is 4. The number of benzene rings is 2. The molecular formula is C34H39Cl2F2N3O9S. The zero-order valence-electron chi connectivity index (χ0n) is 28.4. The topological polar surface area (TPSA) is 139 Å². The van der Waals surface area contributed by atoms with Gasteiger partial charge in [-0.15, -0.1) is 0 Å². The van der Waals surface area contributed by atoms with E-state index in [1.165, 1.54) is 30.3 Å². The average molecular weight is 775 g/mol. The summed E-state index contributed by atoms with van der Waals surface area (Å²) < 4.78 is 73.1. The van der Waals surface area contributed by atoms with Crippen molar-refractivity contribution >= 4 is 51.7 Å². The van der Waals surface area contributed by atoms with Gasteiger partial charge in [-0.3, -0.25) is 18.8 Å². The molecule has 278 valence electrons. The fourth-order valence-electron chi connectivity index (χ4n) is 4.96. The molecular weight excluding hydrogens is 735 g/mol. The van der Waals surface area contributed by atoms with Gasteiger partial charge in [-0.25, -0.2) is 8.42 Å². The van der Waals surface area contributed by atoms with Crippen LogP contribution in [-0.2, 0) is 42.9 Å². The van der Waals surface area contributed by atoms with Gasteiger partial charge in [0.15, 0.2) is 23.9 Å². The molecule has 1 saturated carbocycles. The molecule has 17 heteroatoms. The first kappa shape index (κ1) is 39.9. The summed E-state index contributed by atoms with van der Waals surface area (Å²) >= 11 is 12.7.